The minimum absolute atomic E-state index is 0.00244. The predicted octanol–water partition coefficient (Wildman–Crippen LogP) is 2.98. The van der Waals surface area contributed by atoms with Crippen molar-refractivity contribution >= 4 is 28.9 Å². The number of benzene rings is 1. The van der Waals surface area contributed by atoms with Gasteiger partial charge in [-0.3, -0.25) is 14.4 Å². The Balaban J connectivity index is 1.74. The van der Waals surface area contributed by atoms with Crippen molar-refractivity contribution in [3.05, 3.63) is 58.3 Å². The van der Waals surface area contributed by atoms with E-state index in [-0.39, 0.29) is 35.7 Å². The third kappa shape index (κ3) is 5.77. The molecule has 0 bridgehead atoms. The number of rotatable bonds is 8. The number of Topliss-reactive ketones (excluding diaryl/α,β-unsaturated/α-hetero) is 1. The SMILES string of the molecule is C[C@@H]1OCC(=O)[C@H]1NC(=O)C(CC(C)(C)Cc1ccccc1)NC(=O)c1ccsc1. The summed E-state index contributed by atoms with van der Waals surface area (Å²) >= 11 is 1.42. The molecule has 6 nitrogen and oxygen atoms in total. The summed E-state index contributed by atoms with van der Waals surface area (Å²) in [6, 6.07) is 10.3. The molecule has 1 saturated heterocycles. The van der Waals surface area contributed by atoms with Gasteiger partial charge in [0.15, 0.2) is 5.78 Å². The lowest BCUT2D eigenvalue weighted by molar-refractivity contribution is -0.128. The second-order valence-corrected chi connectivity index (χ2v) is 9.32. The summed E-state index contributed by atoms with van der Waals surface area (Å²) in [5, 5.41) is 9.22. The minimum Gasteiger partial charge on any atom is -0.368 e. The van der Waals surface area contributed by atoms with E-state index in [1.165, 1.54) is 16.9 Å². The smallest absolute Gasteiger partial charge is 0.252 e. The van der Waals surface area contributed by atoms with Crippen LogP contribution in [0.5, 0.6) is 0 Å². The normalized spacial score (nSPS) is 20.0. The molecular formula is C23H28N2O4S. The van der Waals surface area contributed by atoms with Crippen molar-refractivity contribution < 1.29 is 19.1 Å². The van der Waals surface area contributed by atoms with Crippen molar-refractivity contribution in [2.45, 2.75) is 51.8 Å². The van der Waals surface area contributed by atoms with Gasteiger partial charge < -0.3 is 15.4 Å². The fourth-order valence-electron chi connectivity index (χ4n) is 3.73. The van der Waals surface area contributed by atoms with Gasteiger partial charge in [-0.05, 0) is 42.2 Å². The molecule has 0 saturated carbocycles. The van der Waals surface area contributed by atoms with E-state index < -0.39 is 12.1 Å². The van der Waals surface area contributed by atoms with Gasteiger partial charge >= 0.3 is 0 Å². The van der Waals surface area contributed by atoms with E-state index in [9.17, 15) is 14.4 Å². The highest BCUT2D eigenvalue weighted by Gasteiger charge is 2.37. The van der Waals surface area contributed by atoms with Crippen molar-refractivity contribution in [3.8, 4) is 0 Å². The van der Waals surface area contributed by atoms with Crippen LogP contribution in [0.4, 0.5) is 0 Å². The molecule has 7 heteroatoms. The fraction of sp³-hybridized carbons (Fsp3) is 0.435. The number of thiophene rings is 1. The molecule has 30 heavy (non-hydrogen) atoms. The van der Waals surface area contributed by atoms with Gasteiger partial charge in [0.05, 0.1) is 11.7 Å². The van der Waals surface area contributed by atoms with Gasteiger partial charge in [-0.1, -0.05) is 44.2 Å². The van der Waals surface area contributed by atoms with Crippen molar-refractivity contribution in [3.63, 3.8) is 0 Å². The van der Waals surface area contributed by atoms with Gasteiger partial charge in [0.2, 0.25) is 5.91 Å². The molecule has 1 aromatic carbocycles. The molecule has 0 aliphatic carbocycles. The first-order chi connectivity index (χ1) is 14.2. The van der Waals surface area contributed by atoms with E-state index >= 15 is 0 Å². The topological polar surface area (TPSA) is 84.5 Å². The first-order valence-electron chi connectivity index (χ1n) is 10.1. The molecule has 3 atom stereocenters. The summed E-state index contributed by atoms with van der Waals surface area (Å²) in [7, 11) is 0. The highest BCUT2D eigenvalue weighted by Crippen LogP contribution is 2.28. The van der Waals surface area contributed by atoms with Crippen molar-refractivity contribution in [1.29, 1.82) is 0 Å². The zero-order valence-electron chi connectivity index (χ0n) is 17.5. The first kappa shape index (κ1) is 22.2. The summed E-state index contributed by atoms with van der Waals surface area (Å²) in [6.07, 6.45) is 0.806. The predicted molar refractivity (Wildman–Crippen MR) is 116 cm³/mol. The molecule has 2 heterocycles. The molecule has 1 aliphatic heterocycles. The van der Waals surface area contributed by atoms with Crippen LogP contribution in [0, 0.1) is 5.41 Å². The molecule has 1 fully saturated rings. The van der Waals surface area contributed by atoms with Crippen molar-refractivity contribution in [2.24, 2.45) is 5.41 Å². The van der Waals surface area contributed by atoms with Gasteiger partial charge in [-0.25, -0.2) is 0 Å². The lowest BCUT2D eigenvalue weighted by Crippen LogP contribution is -2.54. The lowest BCUT2D eigenvalue weighted by Gasteiger charge is -2.30. The molecule has 0 radical (unpaired) electrons. The maximum Gasteiger partial charge on any atom is 0.252 e. The molecular weight excluding hydrogens is 400 g/mol. The summed E-state index contributed by atoms with van der Waals surface area (Å²) in [5.74, 6) is -0.813. The number of carbonyl (C=O) groups excluding carboxylic acids is 3. The lowest BCUT2D eigenvalue weighted by atomic mass is 9.79. The van der Waals surface area contributed by atoms with E-state index in [4.69, 9.17) is 4.74 Å². The van der Waals surface area contributed by atoms with E-state index in [1.807, 2.05) is 23.6 Å². The number of ketones is 1. The quantitative estimate of drug-likeness (QED) is 0.677. The monoisotopic (exact) mass is 428 g/mol. The third-order valence-electron chi connectivity index (χ3n) is 5.29. The van der Waals surface area contributed by atoms with Crippen LogP contribution < -0.4 is 10.6 Å². The number of amides is 2. The Bertz CT molecular complexity index is 880. The zero-order valence-corrected chi connectivity index (χ0v) is 18.3. The summed E-state index contributed by atoms with van der Waals surface area (Å²) < 4.78 is 5.33. The van der Waals surface area contributed by atoms with Crippen molar-refractivity contribution in [2.75, 3.05) is 6.61 Å². The van der Waals surface area contributed by atoms with Gasteiger partial charge in [-0.2, -0.15) is 11.3 Å². The van der Waals surface area contributed by atoms with Crippen LogP contribution in [-0.4, -0.2) is 42.4 Å². The van der Waals surface area contributed by atoms with Gasteiger partial charge in [0.25, 0.3) is 5.91 Å². The maximum atomic E-state index is 13.1. The van der Waals surface area contributed by atoms with Crippen LogP contribution in [0.1, 0.15) is 43.1 Å². The van der Waals surface area contributed by atoms with Crippen LogP contribution in [0.25, 0.3) is 0 Å². The Kier molecular flexibility index (Phi) is 7.05. The summed E-state index contributed by atoms with van der Waals surface area (Å²) in [5.41, 5.74) is 1.43. The fourth-order valence-corrected chi connectivity index (χ4v) is 4.37. The summed E-state index contributed by atoms with van der Waals surface area (Å²) in [6.45, 7) is 5.90. The number of nitrogens with one attached hydrogen (secondary N) is 2. The van der Waals surface area contributed by atoms with Gasteiger partial charge in [0, 0.05) is 5.38 Å². The Hall–Kier alpha value is -2.51. The standard InChI is InChI=1S/C23H28N2O4S/c1-15-20(19(26)13-29-15)25-22(28)18(24-21(27)17-9-10-30-14-17)12-23(2,3)11-16-7-5-4-6-8-16/h4-10,14-15,18,20H,11-13H2,1-3H3,(H,24,27)(H,25,28)/t15-,18?,20-/m0/s1. The van der Waals surface area contributed by atoms with E-state index in [0.717, 1.165) is 6.42 Å². The Morgan fingerprint density at radius 2 is 1.97 bits per heavy atom. The summed E-state index contributed by atoms with van der Waals surface area (Å²) in [4.78, 5) is 37.8. The van der Waals surface area contributed by atoms with Crippen LogP contribution in [0.3, 0.4) is 0 Å². The number of hydrogen-bond acceptors (Lipinski definition) is 5. The average molecular weight is 429 g/mol. The molecule has 0 spiro atoms. The number of hydrogen-bond donors (Lipinski definition) is 2. The van der Waals surface area contributed by atoms with Gasteiger partial charge in [0.1, 0.15) is 18.7 Å². The Labute approximate surface area is 181 Å². The molecule has 1 aliphatic rings. The number of carbonyl (C=O) groups is 3. The molecule has 3 rings (SSSR count). The average Bonchev–Trinajstić information content (AvgIpc) is 3.34. The third-order valence-corrected chi connectivity index (χ3v) is 5.97. The molecule has 2 amide bonds. The minimum atomic E-state index is -0.767. The van der Waals surface area contributed by atoms with Crippen LogP contribution >= 0.6 is 11.3 Å². The first-order valence-corrected chi connectivity index (χ1v) is 11.0. The molecule has 160 valence electrons. The van der Waals surface area contributed by atoms with E-state index in [0.29, 0.717) is 12.0 Å². The van der Waals surface area contributed by atoms with Crippen LogP contribution in [-0.2, 0) is 20.7 Å². The molecule has 1 unspecified atom stereocenters. The molecule has 1 aromatic heterocycles. The van der Waals surface area contributed by atoms with Crippen LogP contribution in [0.2, 0.25) is 0 Å². The second kappa shape index (κ2) is 9.53. The molecule has 2 N–H and O–H groups in total. The Morgan fingerprint density at radius 3 is 2.57 bits per heavy atom. The highest BCUT2D eigenvalue weighted by molar-refractivity contribution is 7.08. The zero-order chi connectivity index (χ0) is 21.7. The van der Waals surface area contributed by atoms with E-state index in [2.05, 4.69) is 36.6 Å². The molecule has 2 aromatic rings. The van der Waals surface area contributed by atoms with Crippen LogP contribution in [0.15, 0.2) is 47.2 Å². The van der Waals surface area contributed by atoms with Crippen molar-refractivity contribution in [1.82, 2.24) is 10.6 Å². The van der Waals surface area contributed by atoms with Gasteiger partial charge in [-0.15, -0.1) is 0 Å². The number of ether oxygens (including phenoxy) is 1. The largest absolute Gasteiger partial charge is 0.368 e. The maximum absolute atomic E-state index is 13.1. The Morgan fingerprint density at radius 1 is 1.23 bits per heavy atom. The second-order valence-electron chi connectivity index (χ2n) is 8.54. The van der Waals surface area contributed by atoms with E-state index in [1.54, 1.807) is 18.4 Å². The highest BCUT2D eigenvalue weighted by atomic mass is 32.1.